The van der Waals surface area contributed by atoms with E-state index in [0.717, 1.165) is 5.57 Å². The Kier molecular flexibility index (Phi) is 15.3. The van der Waals surface area contributed by atoms with Crippen molar-refractivity contribution >= 4 is 23.9 Å². The number of aliphatic carboxylic acids is 1. The van der Waals surface area contributed by atoms with E-state index in [0.29, 0.717) is 38.5 Å². The van der Waals surface area contributed by atoms with E-state index in [4.69, 9.17) is 33.2 Å². The summed E-state index contributed by atoms with van der Waals surface area (Å²) in [5, 5.41) is 100. The first kappa shape index (κ1) is 54.9. The van der Waals surface area contributed by atoms with E-state index < -0.39 is 174 Å². The molecule has 4 saturated carbocycles. The van der Waals surface area contributed by atoms with Gasteiger partial charge in [0, 0.05) is 30.1 Å². The summed E-state index contributed by atoms with van der Waals surface area (Å²) in [6.45, 7) is 16.4. The van der Waals surface area contributed by atoms with E-state index >= 15 is 0 Å². The van der Waals surface area contributed by atoms with E-state index in [-0.39, 0.29) is 18.3 Å². The Hall–Kier alpha value is -2.86. The monoisotopic (exact) mass is 999 g/mol. The fourth-order valence-corrected chi connectivity index (χ4v) is 15.0. The van der Waals surface area contributed by atoms with Crippen molar-refractivity contribution in [2.45, 2.75) is 200 Å². The molecule has 20 heteroatoms. The van der Waals surface area contributed by atoms with E-state index in [1.807, 2.05) is 34.6 Å². The molecule has 0 bridgehead atoms. The van der Waals surface area contributed by atoms with Gasteiger partial charge >= 0.3 is 23.9 Å². The number of hydrogen-bond acceptors (Lipinski definition) is 19. The number of aliphatic hydroxyl groups excluding tert-OH is 8. The molecule has 20 nitrogen and oxygen atoms in total. The molecule has 0 spiro atoms. The summed E-state index contributed by atoms with van der Waals surface area (Å²) in [7, 11) is 0. The molecule has 2 aliphatic heterocycles. The Morgan fingerprint density at radius 2 is 1.41 bits per heavy atom. The first-order valence-corrected chi connectivity index (χ1v) is 24.9. The second kappa shape index (κ2) is 19.4. The number of carbonyl (C=O) groups is 4. The Balaban J connectivity index is 1.25. The number of aliphatic hydroxyl groups is 8. The summed E-state index contributed by atoms with van der Waals surface area (Å²) in [5.74, 6) is -5.24. The molecule has 0 amide bonds. The maximum atomic E-state index is 13.8. The molecule has 5 aliphatic carbocycles. The number of carbonyl (C=O) groups excluding carboxylic acids is 3. The van der Waals surface area contributed by atoms with Gasteiger partial charge in [-0.15, -0.1) is 0 Å². The lowest BCUT2D eigenvalue weighted by Gasteiger charge is -2.73. The molecule has 398 valence electrons. The van der Waals surface area contributed by atoms with Crippen molar-refractivity contribution in [3.63, 3.8) is 0 Å². The highest BCUT2D eigenvalue weighted by Crippen LogP contribution is 2.76. The van der Waals surface area contributed by atoms with Gasteiger partial charge in [0.05, 0.1) is 37.3 Å². The fraction of sp³-hybridized carbons (Fsp3) is 0.880. The van der Waals surface area contributed by atoms with E-state index in [1.54, 1.807) is 6.92 Å². The molecule has 0 radical (unpaired) electrons. The Morgan fingerprint density at radius 3 is 2.00 bits per heavy atom. The lowest BCUT2D eigenvalue weighted by Crippen LogP contribution is -2.77. The first-order chi connectivity index (χ1) is 32.6. The van der Waals surface area contributed by atoms with E-state index in [2.05, 4.69) is 19.9 Å². The number of carboxylic acids is 1. The number of allylic oxidation sites excluding steroid dienone is 1. The molecule has 2 heterocycles. The van der Waals surface area contributed by atoms with Crippen molar-refractivity contribution in [3.05, 3.63) is 11.6 Å². The molecule has 9 N–H and O–H groups in total. The van der Waals surface area contributed by atoms with E-state index in [1.165, 1.54) is 13.8 Å². The maximum absolute atomic E-state index is 13.8. The maximum Gasteiger partial charge on any atom is 0.335 e. The molecule has 70 heavy (non-hydrogen) atoms. The van der Waals surface area contributed by atoms with Crippen molar-refractivity contribution < 1.29 is 98.3 Å². The SMILES string of the molecule is CCC(C)C(=O)O[C@H]1[C@H](OC(C)=O)C(C)(C)CC2C3=CCC4[C@@]5(C)CCC(O[C@@H]6O[C@H](C(=O)O)[C@@H](O)[C@H](O[C@@H]7OC[C@H](O)[C@H](O)[C@H]7O)[C@H]6O)[C@@](C)(CO)C5CC[C@@]4(C)[C@]3(C)[C@@H](O)[C@@H](OC(C)=O)[C@]21CO. The summed E-state index contributed by atoms with van der Waals surface area (Å²) in [6, 6.07) is 0. The zero-order chi connectivity index (χ0) is 52.0. The molecule has 0 aromatic carbocycles. The molecule has 6 fully saturated rings. The van der Waals surface area contributed by atoms with Crippen LogP contribution in [0, 0.1) is 56.2 Å². The van der Waals surface area contributed by atoms with Crippen LogP contribution in [0.3, 0.4) is 0 Å². The quantitative estimate of drug-likeness (QED) is 0.0573. The molecule has 5 unspecified atom stereocenters. The standard InChI is InChI=1S/C50H78O20/c1-11-22(2)42(63)70-40-39(66-24(4)54)45(5,6)18-26-25-12-13-29-46(7)16-15-30(67-44-34(59)35(33(58)36(69-44)41(61)62)68-43-32(57)31(56)27(55)19-64-43)47(8,20-51)28(46)14-17-48(29,9)49(25,10)37(60)38(65-23(3)53)50(26,40)21-52/h12,22,26-40,43-44,51-52,55-60H,11,13-21H2,1-10H3,(H,61,62)/t22?,26?,27-,28?,29?,30?,31-,32+,33-,34+,35-,36-,37-,38+,39-,40-,43-,44+,46-,47-,48+,49-,50-/m0/s1. The van der Waals surface area contributed by atoms with Crippen molar-refractivity contribution in [2.24, 2.45) is 56.2 Å². The van der Waals surface area contributed by atoms with Crippen LogP contribution in [0.1, 0.15) is 114 Å². The molecule has 7 rings (SSSR count). The number of carboxylic acid groups (broad SMARTS) is 1. The van der Waals surface area contributed by atoms with Gasteiger partial charge in [0.25, 0.3) is 0 Å². The highest BCUT2D eigenvalue weighted by Gasteiger charge is 2.77. The highest BCUT2D eigenvalue weighted by molar-refractivity contribution is 5.73. The molecular formula is C50H78O20. The summed E-state index contributed by atoms with van der Waals surface area (Å²) < 4.78 is 41.9. The normalized spacial score (nSPS) is 49.1. The topological polar surface area (TPSA) is 315 Å². The van der Waals surface area contributed by atoms with Crippen LogP contribution in [-0.4, -0.2) is 175 Å². The Labute approximate surface area is 408 Å². The van der Waals surface area contributed by atoms with Crippen LogP contribution in [0.15, 0.2) is 11.6 Å². The van der Waals surface area contributed by atoms with Crippen molar-refractivity contribution in [1.29, 1.82) is 0 Å². The summed E-state index contributed by atoms with van der Waals surface area (Å²) in [4.78, 5) is 52.3. The second-order valence-corrected chi connectivity index (χ2v) is 23.3. The first-order valence-electron chi connectivity index (χ1n) is 24.9. The van der Waals surface area contributed by atoms with Gasteiger partial charge in [-0.05, 0) is 73.5 Å². The van der Waals surface area contributed by atoms with Crippen LogP contribution < -0.4 is 0 Å². The van der Waals surface area contributed by atoms with Crippen molar-refractivity contribution in [3.8, 4) is 0 Å². The van der Waals surface area contributed by atoms with Gasteiger partial charge in [0.1, 0.15) is 54.9 Å². The molecule has 7 aliphatic rings. The minimum Gasteiger partial charge on any atom is -0.479 e. The highest BCUT2D eigenvalue weighted by atomic mass is 16.7. The minimum absolute atomic E-state index is 0.186. The van der Waals surface area contributed by atoms with E-state index in [9.17, 15) is 65.1 Å². The summed E-state index contributed by atoms with van der Waals surface area (Å²) in [6.07, 6.45) is -17.1. The number of hydrogen-bond donors (Lipinski definition) is 9. The van der Waals surface area contributed by atoms with Gasteiger partial charge in [-0.2, -0.15) is 0 Å². The zero-order valence-electron chi connectivity index (χ0n) is 42.1. The number of rotatable bonds is 12. The van der Waals surface area contributed by atoms with Crippen LogP contribution in [0.4, 0.5) is 0 Å². The van der Waals surface area contributed by atoms with Gasteiger partial charge in [-0.3, -0.25) is 14.4 Å². The number of ether oxygens (including phenoxy) is 7. The van der Waals surface area contributed by atoms with Crippen LogP contribution in [0.5, 0.6) is 0 Å². The largest absolute Gasteiger partial charge is 0.479 e. The van der Waals surface area contributed by atoms with Crippen molar-refractivity contribution in [2.75, 3.05) is 19.8 Å². The van der Waals surface area contributed by atoms with Crippen LogP contribution >= 0.6 is 0 Å². The van der Waals surface area contributed by atoms with Crippen LogP contribution in [0.2, 0.25) is 0 Å². The summed E-state index contributed by atoms with van der Waals surface area (Å²) in [5.41, 5.74) is -5.18. The van der Waals surface area contributed by atoms with Gasteiger partial charge in [-0.1, -0.05) is 67.0 Å². The average Bonchev–Trinajstić information content (AvgIpc) is 3.29. The lowest BCUT2D eigenvalue weighted by atomic mass is 9.32. The predicted molar refractivity (Wildman–Crippen MR) is 241 cm³/mol. The van der Waals surface area contributed by atoms with Crippen LogP contribution in [0.25, 0.3) is 0 Å². The molecule has 0 aromatic rings. The van der Waals surface area contributed by atoms with Gasteiger partial charge in [0.2, 0.25) is 0 Å². The van der Waals surface area contributed by atoms with Gasteiger partial charge < -0.3 is 79.1 Å². The predicted octanol–water partition coefficient (Wildman–Crippen LogP) is 1.12. The average molecular weight is 999 g/mol. The smallest absolute Gasteiger partial charge is 0.335 e. The van der Waals surface area contributed by atoms with Crippen LogP contribution in [-0.2, 0) is 52.3 Å². The third kappa shape index (κ3) is 8.35. The zero-order valence-corrected chi connectivity index (χ0v) is 42.1. The minimum atomic E-state index is -1.99. The molecule has 0 aromatic heterocycles. The van der Waals surface area contributed by atoms with Crippen molar-refractivity contribution in [1.82, 2.24) is 0 Å². The summed E-state index contributed by atoms with van der Waals surface area (Å²) >= 11 is 0. The molecule has 2 saturated heterocycles. The fourth-order valence-electron chi connectivity index (χ4n) is 15.0. The Bertz CT molecular complexity index is 2010. The second-order valence-electron chi connectivity index (χ2n) is 23.3. The third-order valence-corrected chi connectivity index (χ3v) is 19.2. The van der Waals surface area contributed by atoms with Gasteiger partial charge in [0.15, 0.2) is 24.8 Å². The molecular weight excluding hydrogens is 921 g/mol. The number of esters is 3. The Morgan fingerprint density at radius 1 is 0.771 bits per heavy atom. The third-order valence-electron chi connectivity index (χ3n) is 19.2. The number of fused-ring (bicyclic) bond motifs is 7. The lowest BCUT2D eigenvalue weighted by molar-refractivity contribution is -0.358. The van der Waals surface area contributed by atoms with Gasteiger partial charge in [-0.25, -0.2) is 4.79 Å². The molecule has 23 atom stereocenters.